The van der Waals surface area contributed by atoms with Crippen molar-refractivity contribution in [3.05, 3.63) is 47.3 Å². The van der Waals surface area contributed by atoms with Crippen LogP contribution in [0.3, 0.4) is 0 Å². The average Bonchev–Trinajstić information content (AvgIpc) is 2.96. The van der Waals surface area contributed by atoms with Crippen molar-refractivity contribution in [2.45, 2.75) is 118 Å². The number of hydrogen-bond donors (Lipinski definition) is 4. The highest BCUT2D eigenvalue weighted by molar-refractivity contribution is 5.87. The average molecular weight is 623 g/mol. The van der Waals surface area contributed by atoms with Gasteiger partial charge in [-0.1, -0.05) is 83.9 Å². The van der Waals surface area contributed by atoms with E-state index >= 15 is 0 Å². The van der Waals surface area contributed by atoms with Crippen LogP contribution in [0.15, 0.2) is 47.3 Å². The molecule has 9 heteroatoms. The van der Waals surface area contributed by atoms with Gasteiger partial charge in [-0.25, -0.2) is 4.79 Å². The molecule has 2 rings (SSSR count). The molecule has 0 aromatic heterocycles. The van der Waals surface area contributed by atoms with Gasteiger partial charge in [-0.15, -0.1) is 0 Å². The van der Waals surface area contributed by atoms with E-state index in [1.165, 1.54) is 14.2 Å². The summed E-state index contributed by atoms with van der Waals surface area (Å²) in [5.41, 5.74) is 1.78. The summed E-state index contributed by atoms with van der Waals surface area (Å²) in [5, 5.41) is 45.0. The largest absolute Gasteiger partial charge is 0.490 e. The number of hydrogen-bond acceptors (Lipinski definition) is 9. The Balaban J connectivity index is 2.52. The maximum absolute atomic E-state index is 13.5. The van der Waals surface area contributed by atoms with Crippen LogP contribution in [0.25, 0.3) is 0 Å². The van der Waals surface area contributed by atoms with Gasteiger partial charge in [0.2, 0.25) is 5.76 Å². The van der Waals surface area contributed by atoms with Crippen LogP contribution < -0.4 is 0 Å². The molecule has 0 saturated carbocycles. The van der Waals surface area contributed by atoms with Crippen molar-refractivity contribution in [1.29, 1.82) is 0 Å². The molecule has 2 aliphatic heterocycles. The van der Waals surface area contributed by atoms with Gasteiger partial charge in [0.05, 0.1) is 31.5 Å². The van der Waals surface area contributed by atoms with Crippen molar-refractivity contribution in [2.24, 2.45) is 35.5 Å². The van der Waals surface area contributed by atoms with E-state index < -0.39 is 60.2 Å². The third-order valence-corrected chi connectivity index (χ3v) is 9.50. The first kappa shape index (κ1) is 38.2. The lowest BCUT2D eigenvalue weighted by atomic mass is 9.76. The van der Waals surface area contributed by atoms with E-state index in [4.69, 9.17) is 18.9 Å². The first-order valence-corrected chi connectivity index (χ1v) is 15.9. The molecule has 0 aromatic rings. The third kappa shape index (κ3) is 9.50. The summed E-state index contributed by atoms with van der Waals surface area (Å²) in [5.74, 6) is -4.49. The molecule has 0 bridgehead atoms. The minimum absolute atomic E-state index is 0.00492. The van der Waals surface area contributed by atoms with Crippen LogP contribution in [-0.2, 0) is 23.7 Å². The lowest BCUT2D eigenvalue weighted by Crippen LogP contribution is -2.59. The zero-order valence-corrected chi connectivity index (χ0v) is 28.6. The number of ether oxygens (including phenoxy) is 4. The van der Waals surface area contributed by atoms with E-state index in [1.807, 2.05) is 66.7 Å². The minimum Gasteiger partial charge on any atom is -0.490 e. The first-order chi connectivity index (χ1) is 20.5. The van der Waals surface area contributed by atoms with Gasteiger partial charge < -0.3 is 39.4 Å². The molecular weight excluding hydrogens is 564 g/mol. The Morgan fingerprint density at radius 3 is 2.25 bits per heavy atom. The Labute approximate surface area is 264 Å². The van der Waals surface area contributed by atoms with Crippen LogP contribution in [0.2, 0.25) is 0 Å². The molecule has 0 aliphatic carbocycles. The smallest absolute Gasteiger partial charge is 0.373 e. The molecule has 2 aliphatic rings. The second kappa shape index (κ2) is 16.5. The lowest BCUT2D eigenvalue weighted by Gasteiger charge is -2.49. The second-order valence-electron chi connectivity index (χ2n) is 13.6. The maximum Gasteiger partial charge on any atom is 0.373 e. The summed E-state index contributed by atoms with van der Waals surface area (Å²) in [7, 11) is 2.87. The van der Waals surface area contributed by atoms with Crippen LogP contribution in [0.5, 0.6) is 0 Å². The highest BCUT2D eigenvalue weighted by atomic mass is 16.6. The zero-order chi connectivity index (χ0) is 33.5. The van der Waals surface area contributed by atoms with Crippen molar-refractivity contribution < 1.29 is 44.2 Å². The highest BCUT2D eigenvalue weighted by Gasteiger charge is 2.51. The van der Waals surface area contributed by atoms with Crippen molar-refractivity contribution >= 4 is 5.97 Å². The number of esters is 1. The van der Waals surface area contributed by atoms with E-state index in [-0.39, 0.29) is 35.9 Å². The van der Waals surface area contributed by atoms with Gasteiger partial charge in [0, 0.05) is 37.2 Å². The standard InChI is InChI=1S/C35H58O9/c1-19(2)32-24(7)27(36)18-35(40,44-32)26(9)31(38)25(8)33-28(41-10)14-12-13-20(3)15-22(5)30(37)23(6)16-21(4)17-29(42-11)34(39)43-33/h12-14,16-17,19,22-28,30-33,36-38,40H,15,18H2,1-11H3/b14-12-,20-13-,21-16-,29-17+/t22-,23+,24-,25-,26-,27+,28-,30-,31+,32+,33?,35+/m0/s1. The Kier molecular flexibility index (Phi) is 14.3. The van der Waals surface area contributed by atoms with E-state index in [9.17, 15) is 25.2 Å². The fraction of sp³-hybridized carbons (Fsp3) is 0.743. The Hall–Kier alpha value is -2.01. The number of allylic oxidation sites excluding steroid dienone is 5. The Morgan fingerprint density at radius 2 is 1.68 bits per heavy atom. The fourth-order valence-electron chi connectivity index (χ4n) is 6.54. The number of methoxy groups -OCH3 is 2. The molecule has 9 nitrogen and oxygen atoms in total. The quantitative estimate of drug-likeness (QED) is 0.298. The molecule has 252 valence electrons. The number of aliphatic hydroxyl groups excluding tert-OH is 3. The van der Waals surface area contributed by atoms with E-state index in [0.29, 0.717) is 6.42 Å². The predicted molar refractivity (Wildman–Crippen MR) is 170 cm³/mol. The van der Waals surface area contributed by atoms with Gasteiger partial charge in [0.15, 0.2) is 5.79 Å². The summed E-state index contributed by atoms with van der Waals surface area (Å²) in [6.07, 6.45) is 4.85. The van der Waals surface area contributed by atoms with Crippen LogP contribution in [-0.4, -0.2) is 83.0 Å². The maximum atomic E-state index is 13.5. The molecule has 1 saturated heterocycles. The van der Waals surface area contributed by atoms with Gasteiger partial charge in [-0.3, -0.25) is 0 Å². The lowest BCUT2D eigenvalue weighted by molar-refractivity contribution is -0.328. The normalized spacial score (nSPS) is 41.2. The Morgan fingerprint density at radius 1 is 1.05 bits per heavy atom. The molecule has 4 N–H and O–H groups in total. The molecule has 44 heavy (non-hydrogen) atoms. The molecule has 0 spiro atoms. The van der Waals surface area contributed by atoms with Gasteiger partial charge >= 0.3 is 5.97 Å². The van der Waals surface area contributed by atoms with Gasteiger partial charge in [-0.2, -0.15) is 0 Å². The molecule has 0 aromatic carbocycles. The first-order valence-electron chi connectivity index (χ1n) is 15.9. The number of carbonyl (C=O) groups is 1. The fourth-order valence-corrected chi connectivity index (χ4v) is 6.54. The molecule has 0 radical (unpaired) electrons. The summed E-state index contributed by atoms with van der Waals surface area (Å²) in [6, 6.07) is 0. The van der Waals surface area contributed by atoms with Crippen molar-refractivity contribution in [3.8, 4) is 0 Å². The molecule has 1 unspecified atom stereocenters. The summed E-state index contributed by atoms with van der Waals surface area (Å²) in [4.78, 5) is 13.5. The zero-order valence-electron chi connectivity index (χ0n) is 28.6. The van der Waals surface area contributed by atoms with Crippen LogP contribution in [0.4, 0.5) is 0 Å². The van der Waals surface area contributed by atoms with Gasteiger partial charge in [-0.05, 0) is 38.2 Å². The van der Waals surface area contributed by atoms with Crippen LogP contribution >= 0.6 is 0 Å². The molecule has 0 amide bonds. The number of rotatable bonds is 7. The van der Waals surface area contributed by atoms with Crippen molar-refractivity contribution in [2.75, 3.05) is 14.2 Å². The molecule has 12 atom stereocenters. The number of aliphatic hydroxyl groups is 4. The van der Waals surface area contributed by atoms with E-state index in [2.05, 4.69) is 0 Å². The third-order valence-electron chi connectivity index (χ3n) is 9.50. The predicted octanol–water partition coefficient (Wildman–Crippen LogP) is 4.69. The van der Waals surface area contributed by atoms with Gasteiger partial charge in [0.1, 0.15) is 12.2 Å². The molecule has 2 heterocycles. The summed E-state index contributed by atoms with van der Waals surface area (Å²) < 4.78 is 23.4. The highest BCUT2D eigenvalue weighted by Crippen LogP contribution is 2.41. The SMILES string of the molecule is CO/C1=C/C(C)=C\[C@@H](C)[C@@H](O)[C@@H](C)C/C(C)=C\C=C/[C@H](OC)C([C@@H](C)[C@@H](O)[C@H](C)[C@@]2(O)C[C@@H](O)[C@H](C)[C@@H](C(C)C)O2)OC1=O. The monoisotopic (exact) mass is 622 g/mol. The summed E-state index contributed by atoms with van der Waals surface area (Å²) in [6.45, 7) is 17.0. The van der Waals surface area contributed by atoms with Crippen LogP contribution in [0.1, 0.15) is 75.2 Å². The second-order valence-corrected chi connectivity index (χ2v) is 13.6. The summed E-state index contributed by atoms with van der Waals surface area (Å²) >= 11 is 0. The molecular formula is C35H58O9. The number of carbonyl (C=O) groups excluding carboxylic acids is 1. The minimum atomic E-state index is -1.80. The van der Waals surface area contributed by atoms with Crippen LogP contribution in [0, 0.1) is 35.5 Å². The van der Waals surface area contributed by atoms with Crippen molar-refractivity contribution in [1.82, 2.24) is 0 Å². The topological polar surface area (TPSA) is 135 Å². The number of cyclic esters (lactones) is 1. The van der Waals surface area contributed by atoms with Gasteiger partial charge in [0.25, 0.3) is 0 Å². The Bertz CT molecular complexity index is 1060. The van der Waals surface area contributed by atoms with E-state index in [1.54, 1.807) is 26.0 Å². The molecule has 1 fully saturated rings. The van der Waals surface area contributed by atoms with Crippen molar-refractivity contribution in [3.63, 3.8) is 0 Å². The van der Waals surface area contributed by atoms with E-state index in [0.717, 1.165) is 11.1 Å².